The lowest BCUT2D eigenvalue weighted by atomic mass is 9.39. The standard InChI is InChI=1S/C21H32O4/c1-18(13-22)16-4-3-14-11-15-12-20(14,19(16,2)6-5-17(18)23)7-8-21(15)24-9-10-25-21/h14-16,22H,3-13H2,1-2H3/t14-,15?,16-,18-,19-,20-/m0/s1. The molecule has 0 amide bonds. The third-order valence-electron chi connectivity index (χ3n) is 9.60. The molecule has 5 rings (SSSR count). The van der Waals surface area contributed by atoms with E-state index in [1.807, 2.05) is 6.92 Å². The maximum absolute atomic E-state index is 12.7. The molecule has 6 atom stereocenters. The monoisotopic (exact) mass is 348 g/mol. The van der Waals surface area contributed by atoms with Gasteiger partial charge in [0.15, 0.2) is 5.79 Å². The van der Waals surface area contributed by atoms with Crippen LogP contribution in [-0.2, 0) is 14.3 Å². The second kappa shape index (κ2) is 5.08. The summed E-state index contributed by atoms with van der Waals surface area (Å²) in [5.41, 5.74) is -0.0607. The molecular formula is C21H32O4. The van der Waals surface area contributed by atoms with Crippen molar-refractivity contribution in [1.29, 1.82) is 0 Å². The van der Waals surface area contributed by atoms with E-state index in [2.05, 4.69) is 6.92 Å². The molecule has 0 aromatic heterocycles. The van der Waals surface area contributed by atoms with Crippen molar-refractivity contribution in [3.05, 3.63) is 0 Å². The Bertz CT molecular complexity index is 597. The predicted molar refractivity (Wildman–Crippen MR) is 92.8 cm³/mol. The Morgan fingerprint density at radius 2 is 1.84 bits per heavy atom. The summed E-state index contributed by atoms with van der Waals surface area (Å²) in [4.78, 5) is 12.7. The third kappa shape index (κ3) is 1.82. The van der Waals surface area contributed by atoms with Gasteiger partial charge in [-0.3, -0.25) is 4.79 Å². The van der Waals surface area contributed by atoms with Crippen LogP contribution >= 0.6 is 0 Å². The van der Waals surface area contributed by atoms with Crippen LogP contribution < -0.4 is 0 Å². The van der Waals surface area contributed by atoms with Gasteiger partial charge in [0.05, 0.1) is 25.2 Å². The number of aliphatic hydroxyl groups excluding tert-OH is 1. The second-order valence-corrected chi connectivity index (χ2v) is 10.0. The molecule has 1 aliphatic heterocycles. The summed E-state index contributed by atoms with van der Waals surface area (Å²) >= 11 is 0. The molecule has 0 aromatic rings. The number of hydrogen-bond donors (Lipinski definition) is 1. The average Bonchev–Trinajstić information content (AvgIpc) is 3.20. The summed E-state index contributed by atoms with van der Waals surface area (Å²) in [6.07, 6.45) is 8.54. The Morgan fingerprint density at radius 3 is 2.56 bits per heavy atom. The Hall–Kier alpha value is -0.450. The Morgan fingerprint density at radius 1 is 1.08 bits per heavy atom. The summed E-state index contributed by atoms with van der Waals surface area (Å²) in [7, 11) is 0. The molecule has 4 saturated carbocycles. The van der Waals surface area contributed by atoms with E-state index in [9.17, 15) is 9.90 Å². The van der Waals surface area contributed by atoms with Gasteiger partial charge < -0.3 is 14.6 Å². The van der Waals surface area contributed by atoms with Crippen molar-refractivity contribution in [3.8, 4) is 0 Å². The van der Waals surface area contributed by atoms with E-state index in [1.54, 1.807) is 0 Å². The summed E-state index contributed by atoms with van der Waals surface area (Å²) < 4.78 is 12.3. The second-order valence-electron chi connectivity index (χ2n) is 10.0. The lowest BCUT2D eigenvalue weighted by Crippen LogP contribution is -2.62. The van der Waals surface area contributed by atoms with Crippen molar-refractivity contribution in [2.24, 2.45) is 34.0 Å². The van der Waals surface area contributed by atoms with E-state index in [1.165, 1.54) is 19.3 Å². The predicted octanol–water partition coefficient (Wildman–Crippen LogP) is 3.31. The van der Waals surface area contributed by atoms with Crippen LogP contribution in [0.25, 0.3) is 0 Å². The number of carbonyl (C=O) groups is 1. The number of ether oxygens (including phenoxy) is 2. The molecular weight excluding hydrogens is 316 g/mol. The van der Waals surface area contributed by atoms with Crippen molar-refractivity contribution >= 4 is 5.78 Å². The molecule has 5 aliphatic rings. The minimum absolute atomic E-state index is 0.00637. The molecule has 1 saturated heterocycles. The quantitative estimate of drug-likeness (QED) is 0.790. The lowest BCUT2D eigenvalue weighted by molar-refractivity contribution is -0.235. The lowest BCUT2D eigenvalue weighted by Gasteiger charge is -2.65. The van der Waals surface area contributed by atoms with Gasteiger partial charge in [0, 0.05) is 18.8 Å². The van der Waals surface area contributed by atoms with Crippen molar-refractivity contribution in [3.63, 3.8) is 0 Å². The molecule has 0 radical (unpaired) electrons. The van der Waals surface area contributed by atoms with Crippen LogP contribution in [0.15, 0.2) is 0 Å². The summed E-state index contributed by atoms with van der Waals surface area (Å²) in [6.45, 7) is 5.98. The number of hydrogen-bond acceptors (Lipinski definition) is 4. The molecule has 1 unspecified atom stereocenters. The smallest absolute Gasteiger partial charge is 0.171 e. The van der Waals surface area contributed by atoms with Gasteiger partial charge in [-0.2, -0.15) is 0 Å². The molecule has 1 N–H and O–H groups in total. The van der Waals surface area contributed by atoms with Crippen LogP contribution in [0.3, 0.4) is 0 Å². The zero-order valence-corrected chi connectivity index (χ0v) is 15.7. The molecule has 5 fully saturated rings. The van der Waals surface area contributed by atoms with Gasteiger partial charge in [-0.15, -0.1) is 0 Å². The first-order valence-corrected chi connectivity index (χ1v) is 10.3. The highest BCUT2D eigenvalue weighted by molar-refractivity contribution is 5.86. The first-order valence-electron chi connectivity index (χ1n) is 10.3. The molecule has 0 aromatic carbocycles. The fourth-order valence-corrected chi connectivity index (χ4v) is 8.26. The topological polar surface area (TPSA) is 55.8 Å². The molecule has 4 heteroatoms. The maximum atomic E-state index is 12.7. The van der Waals surface area contributed by atoms with E-state index < -0.39 is 5.41 Å². The van der Waals surface area contributed by atoms with Crippen LogP contribution in [0.5, 0.6) is 0 Å². The first-order chi connectivity index (χ1) is 11.9. The molecule has 1 heterocycles. The zero-order valence-electron chi connectivity index (χ0n) is 15.7. The largest absolute Gasteiger partial charge is 0.395 e. The number of rotatable bonds is 1. The van der Waals surface area contributed by atoms with E-state index in [4.69, 9.17) is 9.47 Å². The number of ketones is 1. The van der Waals surface area contributed by atoms with E-state index in [-0.39, 0.29) is 23.6 Å². The maximum Gasteiger partial charge on any atom is 0.171 e. The Kier molecular flexibility index (Phi) is 3.39. The zero-order chi connectivity index (χ0) is 17.5. The van der Waals surface area contributed by atoms with Crippen molar-refractivity contribution in [2.45, 2.75) is 71.0 Å². The Balaban J connectivity index is 1.55. The van der Waals surface area contributed by atoms with Crippen LogP contribution in [0.4, 0.5) is 0 Å². The summed E-state index contributed by atoms with van der Waals surface area (Å²) in [5.74, 6) is 1.56. The number of aliphatic hydroxyl groups is 1. The number of fused-ring (bicyclic) bond motifs is 3. The highest BCUT2D eigenvalue weighted by atomic mass is 16.7. The van der Waals surface area contributed by atoms with Gasteiger partial charge in [0.25, 0.3) is 0 Å². The van der Waals surface area contributed by atoms with Crippen LogP contribution in [0.2, 0.25) is 0 Å². The highest BCUT2D eigenvalue weighted by Gasteiger charge is 2.71. The Labute approximate surface area is 150 Å². The van der Waals surface area contributed by atoms with Gasteiger partial charge >= 0.3 is 0 Å². The molecule has 140 valence electrons. The van der Waals surface area contributed by atoms with Crippen molar-refractivity contribution in [1.82, 2.24) is 0 Å². The van der Waals surface area contributed by atoms with Crippen LogP contribution in [0.1, 0.15) is 65.2 Å². The summed E-state index contributed by atoms with van der Waals surface area (Å²) in [6, 6.07) is 0. The molecule has 4 nitrogen and oxygen atoms in total. The first kappa shape index (κ1) is 16.7. The van der Waals surface area contributed by atoms with E-state index in [0.717, 1.165) is 44.8 Å². The van der Waals surface area contributed by atoms with Gasteiger partial charge in [0.1, 0.15) is 5.78 Å². The molecule has 4 aliphatic carbocycles. The molecule has 2 bridgehead atoms. The number of carbonyl (C=O) groups excluding carboxylic acids is 1. The van der Waals surface area contributed by atoms with Crippen LogP contribution in [0, 0.1) is 34.0 Å². The minimum Gasteiger partial charge on any atom is -0.395 e. The van der Waals surface area contributed by atoms with Crippen molar-refractivity contribution < 1.29 is 19.4 Å². The third-order valence-corrected chi connectivity index (χ3v) is 9.60. The van der Waals surface area contributed by atoms with Gasteiger partial charge in [-0.1, -0.05) is 13.8 Å². The van der Waals surface area contributed by atoms with E-state index >= 15 is 0 Å². The molecule has 25 heavy (non-hydrogen) atoms. The normalized spacial score (nSPS) is 53.7. The van der Waals surface area contributed by atoms with Gasteiger partial charge in [-0.05, 0) is 61.2 Å². The van der Waals surface area contributed by atoms with E-state index in [0.29, 0.717) is 23.7 Å². The van der Waals surface area contributed by atoms with Crippen LogP contribution in [-0.4, -0.2) is 36.5 Å². The van der Waals surface area contributed by atoms with Gasteiger partial charge in [-0.25, -0.2) is 0 Å². The summed E-state index contributed by atoms with van der Waals surface area (Å²) in [5, 5.41) is 10.1. The van der Waals surface area contributed by atoms with Gasteiger partial charge in [0.2, 0.25) is 0 Å². The SMILES string of the molecule is C[C@]12CCC(=O)[C@@](C)(CO)[C@@H]1CC[C@H]1CC3C[C@@]12CCC31OCCO1. The fourth-order valence-electron chi connectivity index (χ4n) is 8.26. The minimum atomic E-state index is -0.541. The highest BCUT2D eigenvalue weighted by Crippen LogP contribution is 2.75. The average molecular weight is 348 g/mol. The fraction of sp³-hybridized carbons (Fsp3) is 0.952. The van der Waals surface area contributed by atoms with Crippen molar-refractivity contribution in [2.75, 3.05) is 19.8 Å². The number of Topliss-reactive ketones (excluding diaryl/α,β-unsaturated/α-hetero) is 1. The molecule has 2 spiro atoms.